The van der Waals surface area contributed by atoms with Gasteiger partial charge in [-0.1, -0.05) is 30.3 Å². The maximum Gasteiger partial charge on any atom is 0.209 e. The van der Waals surface area contributed by atoms with Crippen LogP contribution in [0.15, 0.2) is 53.3 Å². The van der Waals surface area contributed by atoms with Crippen molar-refractivity contribution in [1.29, 1.82) is 0 Å². The standard InChI is InChI=1S/C19H22N4O/c1-22-13-17(11-21-22)15-7-9-23(10-8-15)14-19-20-12-18(24-19)16-5-3-2-4-6-16/h2-6,11-13,15H,7-10,14H2,1H3. The zero-order chi connectivity index (χ0) is 16.4. The lowest BCUT2D eigenvalue weighted by atomic mass is 9.91. The van der Waals surface area contributed by atoms with Crippen LogP contribution < -0.4 is 0 Å². The molecule has 1 aliphatic heterocycles. The van der Waals surface area contributed by atoms with Crippen LogP contribution in [0.4, 0.5) is 0 Å². The molecule has 5 heteroatoms. The Morgan fingerprint density at radius 1 is 1.12 bits per heavy atom. The van der Waals surface area contributed by atoms with Crippen molar-refractivity contribution in [2.75, 3.05) is 13.1 Å². The number of rotatable bonds is 4. The number of benzene rings is 1. The van der Waals surface area contributed by atoms with Gasteiger partial charge in [0.25, 0.3) is 0 Å². The van der Waals surface area contributed by atoms with Crippen LogP contribution in [0, 0.1) is 0 Å². The van der Waals surface area contributed by atoms with E-state index in [0.717, 1.165) is 49.7 Å². The lowest BCUT2D eigenvalue weighted by molar-refractivity contribution is 0.188. The predicted molar refractivity (Wildman–Crippen MR) is 92.4 cm³/mol. The van der Waals surface area contributed by atoms with Crippen molar-refractivity contribution >= 4 is 0 Å². The number of oxazole rings is 1. The van der Waals surface area contributed by atoms with E-state index in [9.17, 15) is 0 Å². The van der Waals surface area contributed by atoms with Crippen LogP contribution in [0.1, 0.15) is 30.2 Å². The van der Waals surface area contributed by atoms with Crippen LogP contribution in [0.5, 0.6) is 0 Å². The van der Waals surface area contributed by atoms with Gasteiger partial charge in [0.15, 0.2) is 5.76 Å². The largest absolute Gasteiger partial charge is 0.439 e. The molecule has 1 aliphatic rings. The fraction of sp³-hybridized carbons (Fsp3) is 0.368. The molecule has 0 amide bonds. The van der Waals surface area contributed by atoms with Crippen LogP contribution >= 0.6 is 0 Å². The number of aromatic nitrogens is 3. The third-order valence-electron chi connectivity index (χ3n) is 4.75. The van der Waals surface area contributed by atoms with E-state index in [0.29, 0.717) is 5.92 Å². The van der Waals surface area contributed by atoms with E-state index >= 15 is 0 Å². The Bertz CT molecular complexity index is 785. The average Bonchev–Trinajstić information content (AvgIpc) is 3.26. The molecule has 0 unspecified atom stereocenters. The van der Waals surface area contributed by atoms with Crippen LogP contribution in [0.2, 0.25) is 0 Å². The summed E-state index contributed by atoms with van der Waals surface area (Å²) >= 11 is 0. The molecule has 1 aromatic carbocycles. The van der Waals surface area contributed by atoms with Gasteiger partial charge in [-0.15, -0.1) is 0 Å². The Hall–Kier alpha value is -2.40. The Morgan fingerprint density at radius 3 is 2.62 bits per heavy atom. The first kappa shape index (κ1) is 15.1. The first-order valence-electron chi connectivity index (χ1n) is 8.49. The molecule has 5 nitrogen and oxygen atoms in total. The Morgan fingerprint density at radius 2 is 1.92 bits per heavy atom. The molecule has 3 heterocycles. The van der Waals surface area contributed by atoms with E-state index in [1.54, 1.807) is 0 Å². The zero-order valence-electron chi connectivity index (χ0n) is 13.9. The van der Waals surface area contributed by atoms with E-state index in [2.05, 4.69) is 21.2 Å². The van der Waals surface area contributed by atoms with Crippen molar-refractivity contribution in [2.24, 2.45) is 7.05 Å². The molecule has 0 aliphatic carbocycles. The van der Waals surface area contributed by atoms with Gasteiger partial charge in [-0.25, -0.2) is 4.98 Å². The van der Waals surface area contributed by atoms with Crippen LogP contribution in [-0.2, 0) is 13.6 Å². The van der Waals surface area contributed by atoms with E-state index in [1.165, 1.54) is 5.56 Å². The SMILES string of the molecule is Cn1cc(C2CCN(Cc3ncc(-c4ccccc4)o3)CC2)cn1. The van der Waals surface area contributed by atoms with Crippen LogP contribution in [-0.4, -0.2) is 32.8 Å². The third-order valence-corrected chi connectivity index (χ3v) is 4.75. The van der Waals surface area contributed by atoms with Crippen molar-refractivity contribution < 1.29 is 4.42 Å². The fourth-order valence-corrected chi connectivity index (χ4v) is 3.39. The molecule has 0 N–H and O–H groups in total. The molecular weight excluding hydrogens is 300 g/mol. The minimum Gasteiger partial charge on any atom is -0.439 e. The summed E-state index contributed by atoms with van der Waals surface area (Å²) in [4.78, 5) is 6.87. The molecule has 0 bridgehead atoms. The highest BCUT2D eigenvalue weighted by molar-refractivity contribution is 5.55. The van der Waals surface area contributed by atoms with Gasteiger partial charge in [0, 0.05) is 18.8 Å². The zero-order valence-corrected chi connectivity index (χ0v) is 13.9. The molecule has 0 spiro atoms. The van der Waals surface area contributed by atoms with Gasteiger partial charge in [-0.05, 0) is 37.4 Å². The summed E-state index contributed by atoms with van der Waals surface area (Å²) in [5, 5.41) is 4.29. The highest BCUT2D eigenvalue weighted by Gasteiger charge is 2.22. The van der Waals surface area contributed by atoms with Gasteiger partial charge in [0.2, 0.25) is 5.89 Å². The lowest BCUT2D eigenvalue weighted by Crippen LogP contribution is -2.32. The first-order valence-corrected chi connectivity index (χ1v) is 8.49. The number of piperidine rings is 1. The topological polar surface area (TPSA) is 47.1 Å². The van der Waals surface area contributed by atoms with Gasteiger partial charge >= 0.3 is 0 Å². The molecule has 3 aromatic rings. The summed E-state index contributed by atoms with van der Waals surface area (Å²) in [6, 6.07) is 10.1. The summed E-state index contributed by atoms with van der Waals surface area (Å²) in [6.07, 6.45) is 8.30. The molecule has 24 heavy (non-hydrogen) atoms. The summed E-state index contributed by atoms with van der Waals surface area (Å²) in [6.45, 7) is 2.93. The molecule has 1 fully saturated rings. The summed E-state index contributed by atoms with van der Waals surface area (Å²) < 4.78 is 7.81. The predicted octanol–water partition coefficient (Wildman–Crippen LogP) is 3.45. The third kappa shape index (κ3) is 3.26. The van der Waals surface area contributed by atoms with Gasteiger partial charge in [0.05, 0.1) is 18.9 Å². The molecule has 1 saturated heterocycles. The normalized spacial score (nSPS) is 16.5. The van der Waals surface area contributed by atoms with Gasteiger partial charge in [-0.2, -0.15) is 5.10 Å². The average molecular weight is 322 g/mol. The van der Waals surface area contributed by atoms with Crippen LogP contribution in [0.3, 0.4) is 0 Å². The van der Waals surface area contributed by atoms with Crippen LogP contribution in [0.25, 0.3) is 11.3 Å². The molecular formula is C19H22N4O. The molecule has 4 rings (SSSR count). The molecule has 0 radical (unpaired) electrons. The Balaban J connectivity index is 1.35. The summed E-state index contributed by atoms with van der Waals surface area (Å²) in [7, 11) is 1.98. The Kier molecular flexibility index (Phi) is 4.17. The first-order chi connectivity index (χ1) is 11.8. The fourth-order valence-electron chi connectivity index (χ4n) is 3.39. The van der Waals surface area contributed by atoms with Gasteiger partial charge in [0.1, 0.15) is 0 Å². The second-order valence-corrected chi connectivity index (χ2v) is 6.48. The number of hydrogen-bond donors (Lipinski definition) is 0. The van der Waals surface area contributed by atoms with Crippen molar-refractivity contribution in [3.8, 4) is 11.3 Å². The highest BCUT2D eigenvalue weighted by atomic mass is 16.4. The highest BCUT2D eigenvalue weighted by Crippen LogP contribution is 2.28. The molecule has 124 valence electrons. The quantitative estimate of drug-likeness (QED) is 0.738. The minimum atomic E-state index is 0.624. The summed E-state index contributed by atoms with van der Waals surface area (Å²) in [5.74, 6) is 2.27. The minimum absolute atomic E-state index is 0.624. The molecule has 0 atom stereocenters. The number of likely N-dealkylation sites (tertiary alicyclic amines) is 1. The number of aryl methyl sites for hydroxylation is 1. The van der Waals surface area contributed by atoms with E-state index in [4.69, 9.17) is 4.42 Å². The number of nitrogens with zero attached hydrogens (tertiary/aromatic N) is 4. The van der Waals surface area contributed by atoms with Crippen molar-refractivity contribution in [3.05, 3.63) is 60.4 Å². The molecule has 2 aromatic heterocycles. The van der Waals surface area contributed by atoms with Gasteiger partial charge in [-0.3, -0.25) is 9.58 Å². The monoisotopic (exact) mass is 322 g/mol. The van der Waals surface area contributed by atoms with E-state index < -0.39 is 0 Å². The van der Waals surface area contributed by atoms with Crippen molar-refractivity contribution in [3.63, 3.8) is 0 Å². The molecule has 0 saturated carbocycles. The smallest absolute Gasteiger partial charge is 0.209 e. The van der Waals surface area contributed by atoms with E-state index in [-0.39, 0.29) is 0 Å². The van der Waals surface area contributed by atoms with Crippen molar-refractivity contribution in [1.82, 2.24) is 19.7 Å². The van der Waals surface area contributed by atoms with Crippen molar-refractivity contribution in [2.45, 2.75) is 25.3 Å². The number of hydrogen-bond acceptors (Lipinski definition) is 4. The summed E-state index contributed by atoms with van der Waals surface area (Å²) in [5.41, 5.74) is 2.44. The second-order valence-electron chi connectivity index (χ2n) is 6.48. The van der Waals surface area contributed by atoms with Gasteiger partial charge < -0.3 is 4.42 Å². The lowest BCUT2D eigenvalue weighted by Gasteiger charge is -2.30. The maximum absolute atomic E-state index is 5.92. The maximum atomic E-state index is 5.92. The van der Waals surface area contributed by atoms with E-state index in [1.807, 2.05) is 54.5 Å². The Labute approximate surface area is 141 Å². The second kappa shape index (κ2) is 6.61.